The molecule has 1 aliphatic heterocycles. The molecule has 2 heterocycles. The lowest BCUT2D eigenvalue weighted by molar-refractivity contribution is -0.139. The van der Waals surface area contributed by atoms with E-state index in [9.17, 15) is 9.59 Å². The number of rotatable bonds is 6. The molecular formula is C21H24N2O5. The minimum absolute atomic E-state index is 0.129. The van der Waals surface area contributed by atoms with Gasteiger partial charge in [-0.05, 0) is 43.2 Å². The fraction of sp³-hybridized carbons (Fsp3) is 0.381. The van der Waals surface area contributed by atoms with E-state index in [1.54, 1.807) is 29.4 Å². The summed E-state index contributed by atoms with van der Waals surface area (Å²) in [5, 5.41) is 9.10. The van der Waals surface area contributed by atoms with Crippen LogP contribution in [0.5, 0.6) is 5.75 Å². The minimum atomic E-state index is -0.945. The van der Waals surface area contributed by atoms with Crippen molar-refractivity contribution < 1.29 is 24.2 Å². The van der Waals surface area contributed by atoms with E-state index in [1.165, 1.54) is 0 Å². The summed E-state index contributed by atoms with van der Waals surface area (Å²) in [6.07, 6.45) is 3.34. The summed E-state index contributed by atoms with van der Waals surface area (Å²) in [6, 6.07) is 6.93. The lowest BCUT2D eigenvalue weighted by atomic mass is 10.0. The van der Waals surface area contributed by atoms with Crippen LogP contribution in [-0.4, -0.2) is 52.7 Å². The molecule has 0 bridgehead atoms. The predicted octanol–water partition coefficient (Wildman–Crippen LogP) is 2.59. The van der Waals surface area contributed by atoms with Crippen LogP contribution in [0.25, 0.3) is 0 Å². The Labute approximate surface area is 163 Å². The molecule has 1 amide bonds. The predicted molar refractivity (Wildman–Crippen MR) is 102 cm³/mol. The number of pyridine rings is 1. The van der Waals surface area contributed by atoms with Crippen LogP contribution < -0.4 is 4.74 Å². The Morgan fingerprint density at radius 1 is 1.32 bits per heavy atom. The standard InChI is InChI=1S/C21H24N2O5/c1-14-8-17(21(26)23-6-7-27-13-18(23)10-19(24)25)9-15(2)20(14)28-12-16-4-3-5-22-11-16/h3-5,8-9,11,18H,6-7,10,12-13H2,1-2H3,(H,24,25). The van der Waals surface area contributed by atoms with Crippen LogP contribution in [0.4, 0.5) is 0 Å². The van der Waals surface area contributed by atoms with E-state index in [0.29, 0.717) is 25.3 Å². The van der Waals surface area contributed by atoms with Gasteiger partial charge < -0.3 is 19.5 Å². The maximum atomic E-state index is 13.0. The summed E-state index contributed by atoms with van der Waals surface area (Å²) in [7, 11) is 0. The van der Waals surface area contributed by atoms with Crippen LogP contribution in [0.1, 0.15) is 33.5 Å². The van der Waals surface area contributed by atoms with Crippen LogP contribution in [0.3, 0.4) is 0 Å². The van der Waals surface area contributed by atoms with E-state index >= 15 is 0 Å². The molecule has 1 N–H and O–H groups in total. The monoisotopic (exact) mass is 384 g/mol. The normalized spacial score (nSPS) is 16.6. The highest BCUT2D eigenvalue weighted by atomic mass is 16.5. The van der Waals surface area contributed by atoms with Gasteiger partial charge in [-0.1, -0.05) is 6.07 Å². The first-order valence-corrected chi connectivity index (χ1v) is 9.19. The number of carboxylic acid groups (broad SMARTS) is 1. The van der Waals surface area contributed by atoms with Crippen LogP contribution in [0.2, 0.25) is 0 Å². The molecular weight excluding hydrogens is 360 g/mol. The zero-order valence-corrected chi connectivity index (χ0v) is 16.1. The smallest absolute Gasteiger partial charge is 0.305 e. The first-order valence-electron chi connectivity index (χ1n) is 9.19. The second kappa shape index (κ2) is 8.84. The van der Waals surface area contributed by atoms with Crippen LogP contribution in [0.15, 0.2) is 36.7 Å². The maximum absolute atomic E-state index is 13.0. The van der Waals surface area contributed by atoms with Gasteiger partial charge in [-0.2, -0.15) is 0 Å². The van der Waals surface area contributed by atoms with Crippen molar-refractivity contribution in [1.29, 1.82) is 0 Å². The zero-order valence-electron chi connectivity index (χ0n) is 16.1. The Kier molecular flexibility index (Phi) is 6.26. The first-order chi connectivity index (χ1) is 13.5. The molecule has 1 fully saturated rings. The van der Waals surface area contributed by atoms with Gasteiger partial charge in [0.05, 0.1) is 25.7 Å². The molecule has 28 heavy (non-hydrogen) atoms. The molecule has 0 spiro atoms. The molecule has 0 radical (unpaired) electrons. The van der Waals surface area contributed by atoms with E-state index in [-0.39, 0.29) is 18.9 Å². The van der Waals surface area contributed by atoms with Gasteiger partial charge >= 0.3 is 5.97 Å². The van der Waals surface area contributed by atoms with E-state index in [4.69, 9.17) is 14.6 Å². The number of hydrogen-bond acceptors (Lipinski definition) is 5. The Morgan fingerprint density at radius 2 is 2.07 bits per heavy atom. The molecule has 1 unspecified atom stereocenters. The van der Waals surface area contributed by atoms with Gasteiger partial charge in [0, 0.05) is 30.1 Å². The number of nitrogens with zero attached hydrogens (tertiary/aromatic N) is 2. The molecule has 7 heteroatoms. The Morgan fingerprint density at radius 3 is 2.71 bits per heavy atom. The third-order valence-corrected chi connectivity index (χ3v) is 4.71. The van der Waals surface area contributed by atoms with Crippen molar-refractivity contribution in [3.05, 3.63) is 58.9 Å². The molecule has 1 aromatic heterocycles. The Bertz CT molecular complexity index is 830. The zero-order chi connectivity index (χ0) is 20.1. The molecule has 1 aromatic carbocycles. The topological polar surface area (TPSA) is 89.0 Å². The van der Waals surface area contributed by atoms with Crippen LogP contribution in [0, 0.1) is 13.8 Å². The highest BCUT2D eigenvalue weighted by molar-refractivity contribution is 5.95. The summed E-state index contributed by atoms with van der Waals surface area (Å²) in [6.45, 7) is 5.22. The summed E-state index contributed by atoms with van der Waals surface area (Å²) >= 11 is 0. The SMILES string of the molecule is Cc1cc(C(=O)N2CCOCC2CC(=O)O)cc(C)c1OCc1cccnc1. The molecule has 7 nitrogen and oxygen atoms in total. The van der Waals surface area contributed by atoms with Gasteiger partial charge in [0.15, 0.2) is 0 Å². The molecule has 148 valence electrons. The number of morpholine rings is 1. The highest BCUT2D eigenvalue weighted by Crippen LogP contribution is 2.27. The highest BCUT2D eigenvalue weighted by Gasteiger charge is 2.30. The lowest BCUT2D eigenvalue weighted by Gasteiger charge is -2.35. The van der Waals surface area contributed by atoms with Gasteiger partial charge in [-0.25, -0.2) is 0 Å². The number of hydrogen-bond donors (Lipinski definition) is 1. The van der Waals surface area contributed by atoms with Crippen molar-refractivity contribution >= 4 is 11.9 Å². The van der Waals surface area contributed by atoms with Crippen molar-refractivity contribution in [1.82, 2.24) is 9.88 Å². The molecule has 0 saturated carbocycles. The summed E-state index contributed by atoms with van der Waals surface area (Å²) < 4.78 is 11.3. The van der Waals surface area contributed by atoms with Gasteiger partial charge in [-0.15, -0.1) is 0 Å². The number of benzene rings is 1. The number of carbonyl (C=O) groups excluding carboxylic acids is 1. The van der Waals surface area contributed by atoms with E-state index < -0.39 is 12.0 Å². The summed E-state index contributed by atoms with van der Waals surface area (Å²) in [5.74, 6) is -0.385. The van der Waals surface area contributed by atoms with Crippen LogP contribution in [-0.2, 0) is 16.1 Å². The number of aryl methyl sites for hydroxylation is 2. The van der Waals surface area contributed by atoms with E-state index in [2.05, 4.69) is 4.98 Å². The van der Waals surface area contributed by atoms with E-state index in [1.807, 2.05) is 26.0 Å². The van der Waals surface area contributed by atoms with Crippen molar-refractivity contribution in [2.45, 2.75) is 32.9 Å². The minimum Gasteiger partial charge on any atom is -0.488 e. The Hall–Kier alpha value is -2.93. The van der Waals surface area contributed by atoms with Crippen molar-refractivity contribution in [3.63, 3.8) is 0 Å². The van der Waals surface area contributed by atoms with Gasteiger partial charge in [0.2, 0.25) is 0 Å². The fourth-order valence-electron chi connectivity index (χ4n) is 3.40. The fourth-order valence-corrected chi connectivity index (χ4v) is 3.40. The lowest BCUT2D eigenvalue weighted by Crippen LogP contribution is -2.49. The molecule has 0 aliphatic carbocycles. The number of carbonyl (C=O) groups is 2. The average Bonchev–Trinajstić information content (AvgIpc) is 2.67. The Balaban J connectivity index is 1.77. The number of carboxylic acids is 1. The van der Waals surface area contributed by atoms with Crippen molar-refractivity contribution in [3.8, 4) is 5.75 Å². The third-order valence-electron chi connectivity index (χ3n) is 4.71. The maximum Gasteiger partial charge on any atom is 0.305 e. The second-order valence-electron chi connectivity index (χ2n) is 6.91. The molecule has 1 saturated heterocycles. The summed E-state index contributed by atoms with van der Waals surface area (Å²) in [5.41, 5.74) is 3.21. The first kappa shape index (κ1) is 19.8. The molecule has 2 aromatic rings. The number of amides is 1. The quantitative estimate of drug-likeness (QED) is 0.824. The number of aromatic nitrogens is 1. The van der Waals surface area contributed by atoms with Gasteiger partial charge in [0.25, 0.3) is 5.91 Å². The van der Waals surface area contributed by atoms with Crippen LogP contribution >= 0.6 is 0 Å². The molecule has 3 rings (SSSR count). The third kappa shape index (κ3) is 4.67. The molecule has 1 aliphatic rings. The average molecular weight is 384 g/mol. The number of ether oxygens (including phenoxy) is 2. The van der Waals surface area contributed by atoms with Crippen molar-refractivity contribution in [2.24, 2.45) is 0 Å². The van der Waals surface area contributed by atoms with Crippen molar-refractivity contribution in [2.75, 3.05) is 19.8 Å². The molecule has 1 atom stereocenters. The largest absolute Gasteiger partial charge is 0.488 e. The summed E-state index contributed by atoms with van der Waals surface area (Å²) in [4.78, 5) is 29.8. The second-order valence-corrected chi connectivity index (χ2v) is 6.91. The van der Waals surface area contributed by atoms with E-state index in [0.717, 1.165) is 22.4 Å². The van der Waals surface area contributed by atoms with Gasteiger partial charge in [-0.3, -0.25) is 14.6 Å². The number of aliphatic carboxylic acids is 1. The van der Waals surface area contributed by atoms with Gasteiger partial charge in [0.1, 0.15) is 12.4 Å².